The van der Waals surface area contributed by atoms with Crippen LogP contribution in [-0.4, -0.2) is 0 Å². The normalized spacial score (nSPS) is 8.20. The van der Waals surface area contributed by atoms with Crippen LogP contribution < -0.4 is 18.9 Å². The van der Waals surface area contributed by atoms with Crippen molar-refractivity contribution < 1.29 is 18.9 Å². The van der Waals surface area contributed by atoms with E-state index in [9.17, 15) is 0 Å². The molecule has 0 heterocycles. The van der Waals surface area contributed by atoms with E-state index in [1.165, 1.54) is 5.56 Å². The molecule has 2 heteroatoms. The van der Waals surface area contributed by atoms with Crippen LogP contribution in [-0.2, 0) is 0 Å². The molecule has 0 aliphatic carbocycles. The maximum Gasteiger partial charge on any atom is 1.00 e. The molecule has 1 rings (SSSR count). The van der Waals surface area contributed by atoms with Gasteiger partial charge in [0.25, 0.3) is 0 Å². The molecule has 0 saturated heterocycles. The van der Waals surface area contributed by atoms with Gasteiger partial charge in [-0.15, -0.1) is 12.1 Å². The van der Waals surface area contributed by atoms with Gasteiger partial charge in [0.2, 0.25) is 0 Å². The van der Waals surface area contributed by atoms with E-state index < -0.39 is 0 Å². The van der Waals surface area contributed by atoms with Crippen LogP contribution in [0.15, 0.2) is 24.3 Å². The van der Waals surface area contributed by atoms with E-state index >= 15 is 0 Å². The van der Waals surface area contributed by atoms with Crippen LogP contribution in [0.25, 0.3) is 0 Å². The van der Waals surface area contributed by atoms with Crippen molar-refractivity contribution in [3.63, 3.8) is 0 Å². The zero-order chi connectivity index (χ0) is 6.69. The summed E-state index contributed by atoms with van der Waals surface area (Å²) in [4.78, 5) is 0. The van der Waals surface area contributed by atoms with Crippen molar-refractivity contribution in [1.29, 1.82) is 0 Å². The van der Waals surface area contributed by atoms with Gasteiger partial charge in [0.1, 0.15) is 0 Å². The number of halogens is 1. The van der Waals surface area contributed by atoms with Crippen molar-refractivity contribution in [2.24, 2.45) is 0 Å². The summed E-state index contributed by atoms with van der Waals surface area (Å²) < 4.78 is 0. The number of aryl methyl sites for hydroxylation is 1. The summed E-state index contributed by atoms with van der Waals surface area (Å²) >= 11 is 5.45. The number of benzene rings is 1. The Kier molecular flexibility index (Phi) is 4.73. The van der Waals surface area contributed by atoms with Crippen molar-refractivity contribution in [2.75, 3.05) is 0 Å². The summed E-state index contributed by atoms with van der Waals surface area (Å²) in [5.41, 5.74) is 2.32. The second-order valence-corrected chi connectivity index (χ2v) is 2.24. The maximum atomic E-state index is 5.45. The molecule has 0 aliphatic heterocycles. The van der Waals surface area contributed by atoms with Crippen molar-refractivity contribution in [3.05, 3.63) is 41.3 Å². The van der Waals surface area contributed by atoms with E-state index in [1.54, 1.807) is 5.88 Å². The molecule has 0 saturated carbocycles. The Hall–Kier alpha value is -0.0226. The van der Waals surface area contributed by atoms with Crippen LogP contribution in [0.2, 0.25) is 0 Å². The Bertz CT molecular complexity index is 181. The molecule has 0 fully saturated rings. The third kappa shape index (κ3) is 2.71. The minimum Gasteiger partial charge on any atom is -0.177 e. The van der Waals surface area contributed by atoms with E-state index in [0.29, 0.717) is 0 Å². The van der Waals surface area contributed by atoms with Gasteiger partial charge in [-0.1, -0.05) is 11.4 Å². The summed E-state index contributed by atoms with van der Waals surface area (Å²) in [6.45, 7) is 2.05. The van der Waals surface area contributed by atoms with Crippen molar-refractivity contribution in [2.45, 2.75) is 6.92 Å². The van der Waals surface area contributed by atoms with Crippen molar-refractivity contribution in [1.82, 2.24) is 0 Å². The SMILES string of the molecule is Cc1ccc([CH-]Cl)cc1.[Li+]. The second-order valence-electron chi connectivity index (χ2n) is 2.02. The molecule has 1 aromatic carbocycles. The first-order valence-electron chi connectivity index (χ1n) is 2.83. The van der Waals surface area contributed by atoms with Crippen molar-refractivity contribution in [3.8, 4) is 0 Å². The maximum absolute atomic E-state index is 5.45. The van der Waals surface area contributed by atoms with Gasteiger partial charge in [-0.25, -0.2) is 0 Å². The Balaban J connectivity index is 0.000000810. The van der Waals surface area contributed by atoms with Crippen LogP contribution >= 0.6 is 11.6 Å². The molecule has 0 atom stereocenters. The molecule has 0 amide bonds. The van der Waals surface area contributed by atoms with E-state index in [2.05, 4.69) is 6.92 Å². The fraction of sp³-hybridized carbons (Fsp3) is 0.125. The van der Waals surface area contributed by atoms with Gasteiger partial charge in [0, 0.05) is 0 Å². The fourth-order valence-corrected chi connectivity index (χ4v) is 0.785. The first kappa shape index (κ1) is 9.98. The van der Waals surface area contributed by atoms with Crippen molar-refractivity contribution >= 4 is 11.6 Å². The molecule has 1 aromatic rings. The average Bonchev–Trinajstić information content (AvgIpc) is 1.90. The molecule has 0 N–H and O–H groups in total. The number of hydrogen-bond donors (Lipinski definition) is 0. The molecule has 0 spiro atoms. The first-order chi connectivity index (χ1) is 4.33. The van der Waals surface area contributed by atoms with E-state index in [4.69, 9.17) is 11.6 Å². The van der Waals surface area contributed by atoms with Gasteiger partial charge in [-0.2, -0.15) is 29.3 Å². The summed E-state index contributed by atoms with van der Waals surface area (Å²) in [5.74, 6) is 1.57. The summed E-state index contributed by atoms with van der Waals surface area (Å²) in [5, 5.41) is 0. The fourth-order valence-electron chi connectivity index (χ4n) is 0.639. The summed E-state index contributed by atoms with van der Waals surface area (Å²) in [6, 6.07) is 8.05. The molecular weight excluding hydrogens is 138 g/mol. The van der Waals surface area contributed by atoms with E-state index in [-0.39, 0.29) is 18.9 Å². The predicted molar refractivity (Wildman–Crippen MR) is 40.4 cm³/mol. The summed E-state index contributed by atoms with van der Waals surface area (Å²) in [7, 11) is 0. The predicted octanol–water partition coefficient (Wildman–Crippen LogP) is -0.252. The Morgan fingerprint density at radius 3 is 2.10 bits per heavy atom. The van der Waals surface area contributed by atoms with Gasteiger partial charge >= 0.3 is 18.9 Å². The molecule has 0 nitrogen and oxygen atoms in total. The topological polar surface area (TPSA) is 0 Å². The minimum atomic E-state index is 0. The van der Waals surface area contributed by atoms with Gasteiger partial charge in [-0.3, -0.25) is 0 Å². The van der Waals surface area contributed by atoms with Gasteiger partial charge in [0.05, 0.1) is 0 Å². The standard InChI is InChI=1S/C8H8Cl.Li/c1-7-2-4-8(6-9)5-3-7;/h2-6H,1H3;/q-1;+1. The molecule has 0 bridgehead atoms. The zero-order valence-electron chi connectivity index (χ0n) is 6.26. The minimum absolute atomic E-state index is 0. The number of rotatable bonds is 1. The first-order valence-corrected chi connectivity index (χ1v) is 3.26. The van der Waals surface area contributed by atoms with Crippen LogP contribution in [0.3, 0.4) is 0 Å². The molecule has 0 aromatic heterocycles. The van der Waals surface area contributed by atoms with E-state index in [0.717, 1.165) is 5.56 Å². The zero-order valence-corrected chi connectivity index (χ0v) is 7.02. The second kappa shape index (κ2) is 4.74. The third-order valence-corrected chi connectivity index (χ3v) is 1.46. The molecular formula is C8H8ClLi. The quantitative estimate of drug-likeness (QED) is 0.379. The molecule has 0 aliphatic rings. The van der Waals surface area contributed by atoms with E-state index in [1.807, 2.05) is 24.3 Å². The van der Waals surface area contributed by atoms with Crippen LogP contribution in [0.4, 0.5) is 0 Å². The van der Waals surface area contributed by atoms with Crippen LogP contribution in [0, 0.1) is 12.8 Å². The van der Waals surface area contributed by atoms with Gasteiger partial charge in [0.15, 0.2) is 0 Å². The smallest absolute Gasteiger partial charge is 0.177 e. The largest absolute Gasteiger partial charge is 1.00 e. The monoisotopic (exact) mass is 146 g/mol. The Morgan fingerprint density at radius 1 is 1.20 bits per heavy atom. The summed E-state index contributed by atoms with van der Waals surface area (Å²) in [6.07, 6.45) is 0. The molecule has 0 radical (unpaired) electrons. The van der Waals surface area contributed by atoms with Gasteiger partial charge in [-0.05, 0) is 6.92 Å². The van der Waals surface area contributed by atoms with Crippen LogP contribution in [0.1, 0.15) is 11.1 Å². The molecule has 48 valence electrons. The Morgan fingerprint density at radius 2 is 1.70 bits per heavy atom. The number of hydrogen-bond acceptors (Lipinski definition) is 0. The third-order valence-electron chi connectivity index (χ3n) is 1.20. The van der Waals surface area contributed by atoms with Crippen LogP contribution in [0.5, 0.6) is 0 Å². The molecule has 10 heavy (non-hydrogen) atoms. The Labute approximate surface area is 78.8 Å². The van der Waals surface area contributed by atoms with Gasteiger partial charge < -0.3 is 0 Å². The molecule has 0 unspecified atom stereocenters. The average molecular weight is 147 g/mol.